The van der Waals surface area contributed by atoms with E-state index >= 15 is 0 Å². The lowest BCUT2D eigenvalue weighted by Gasteiger charge is -2.34. The number of carbonyl (C=O) groups is 1. The van der Waals surface area contributed by atoms with Crippen molar-refractivity contribution in [2.75, 3.05) is 45.9 Å². The van der Waals surface area contributed by atoms with Gasteiger partial charge in [0.05, 0.1) is 0 Å². The summed E-state index contributed by atoms with van der Waals surface area (Å²) >= 11 is 0. The van der Waals surface area contributed by atoms with Gasteiger partial charge in [0.25, 0.3) is 0 Å². The van der Waals surface area contributed by atoms with Crippen LogP contribution in [-0.2, 0) is 4.79 Å². The van der Waals surface area contributed by atoms with Crippen LogP contribution in [0, 0.1) is 11.8 Å². The molecule has 44 heavy (non-hydrogen) atoms. The maximum absolute atomic E-state index is 11.1. The zero-order chi connectivity index (χ0) is 30.4. The minimum Gasteiger partial charge on any atom is -0.396 e. The maximum Gasteiger partial charge on any atom is 0.124 e. The Hall–Kier alpha value is -3.57. The molecule has 0 radical (unpaired) electrons. The summed E-state index contributed by atoms with van der Waals surface area (Å²) in [6.07, 6.45) is 5.66. The van der Waals surface area contributed by atoms with Crippen LogP contribution < -0.4 is 0 Å². The molecular formula is C40H48N2O2. The predicted octanol–water partition coefficient (Wildman–Crippen LogP) is 7.25. The lowest BCUT2D eigenvalue weighted by atomic mass is 9.89. The SMILES string of the molecule is O=C[C@H]1CCCN(CC(c2ccccc2)c2ccccc2)C1.OC[C@H]1CCCN(CC(c2ccccc2)c2ccccc2)C1. The zero-order valence-corrected chi connectivity index (χ0v) is 26.0. The van der Waals surface area contributed by atoms with Crippen molar-refractivity contribution < 1.29 is 9.90 Å². The molecule has 0 saturated carbocycles. The van der Waals surface area contributed by atoms with Crippen LogP contribution in [0.2, 0.25) is 0 Å². The molecule has 2 aliphatic heterocycles. The van der Waals surface area contributed by atoms with E-state index in [1.54, 1.807) is 0 Å². The summed E-state index contributed by atoms with van der Waals surface area (Å²) in [6.45, 7) is 6.50. The van der Waals surface area contributed by atoms with Gasteiger partial charge in [-0.15, -0.1) is 0 Å². The van der Waals surface area contributed by atoms with Crippen LogP contribution in [0.5, 0.6) is 0 Å². The summed E-state index contributed by atoms with van der Waals surface area (Å²) in [5.41, 5.74) is 5.45. The minimum atomic E-state index is 0.209. The summed E-state index contributed by atoms with van der Waals surface area (Å²) in [4.78, 5) is 16.1. The van der Waals surface area contributed by atoms with E-state index in [1.165, 1.54) is 28.7 Å². The van der Waals surface area contributed by atoms with Crippen molar-refractivity contribution in [1.82, 2.24) is 9.80 Å². The average molecular weight is 589 g/mol. The molecule has 0 unspecified atom stereocenters. The fourth-order valence-electron chi connectivity index (χ4n) is 6.90. The molecule has 1 N–H and O–H groups in total. The number of aldehydes is 1. The van der Waals surface area contributed by atoms with Crippen LogP contribution in [-0.4, -0.2) is 67.1 Å². The van der Waals surface area contributed by atoms with Gasteiger partial charge in [-0.3, -0.25) is 0 Å². The normalized spacial score (nSPS) is 19.3. The molecule has 2 heterocycles. The Morgan fingerprint density at radius 1 is 0.591 bits per heavy atom. The lowest BCUT2D eigenvalue weighted by molar-refractivity contribution is -0.112. The van der Waals surface area contributed by atoms with Crippen LogP contribution in [0.25, 0.3) is 0 Å². The zero-order valence-electron chi connectivity index (χ0n) is 26.0. The number of piperidine rings is 2. The monoisotopic (exact) mass is 588 g/mol. The highest BCUT2D eigenvalue weighted by Gasteiger charge is 2.25. The van der Waals surface area contributed by atoms with E-state index in [4.69, 9.17) is 0 Å². The number of rotatable bonds is 10. The number of hydrogen-bond acceptors (Lipinski definition) is 4. The number of hydrogen-bond donors (Lipinski definition) is 1. The fraction of sp³-hybridized carbons (Fsp3) is 0.375. The second-order valence-electron chi connectivity index (χ2n) is 12.5. The first kappa shape index (κ1) is 31.8. The Morgan fingerprint density at radius 3 is 1.36 bits per heavy atom. The molecule has 2 fully saturated rings. The molecular weight excluding hydrogens is 540 g/mol. The van der Waals surface area contributed by atoms with E-state index in [0.717, 1.165) is 64.8 Å². The van der Waals surface area contributed by atoms with Gasteiger partial charge in [-0.25, -0.2) is 0 Å². The number of carbonyl (C=O) groups excluding carboxylic acids is 1. The molecule has 2 saturated heterocycles. The Morgan fingerprint density at radius 2 is 0.977 bits per heavy atom. The van der Waals surface area contributed by atoms with Crippen LogP contribution in [0.4, 0.5) is 0 Å². The highest BCUT2D eigenvalue weighted by molar-refractivity contribution is 5.54. The van der Waals surface area contributed by atoms with Gasteiger partial charge < -0.3 is 19.7 Å². The van der Waals surface area contributed by atoms with Gasteiger partial charge in [-0.1, -0.05) is 121 Å². The molecule has 4 nitrogen and oxygen atoms in total. The summed E-state index contributed by atoms with van der Waals surface area (Å²) in [7, 11) is 0. The quantitative estimate of drug-likeness (QED) is 0.198. The first-order chi connectivity index (χ1) is 21.7. The summed E-state index contributed by atoms with van der Waals surface area (Å²) in [5.74, 6) is 1.43. The number of aliphatic hydroxyl groups excluding tert-OH is 1. The van der Waals surface area contributed by atoms with Crippen molar-refractivity contribution in [3.05, 3.63) is 144 Å². The van der Waals surface area contributed by atoms with E-state index in [0.29, 0.717) is 24.4 Å². The van der Waals surface area contributed by atoms with Gasteiger partial charge in [-0.05, 0) is 66.9 Å². The van der Waals surface area contributed by atoms with Crippen molar-refractivity contribution in [3.63, 3.8) is 0 Å². The van der Waals surface area contributed by atoms with E-state index < -0.39 is 0 Å². The molecule has 0 aliphatic carbocycles. The molecule has 2 atom stereocenters. The molecule has 6 rings (SSSR count). The number of likely N-dealkylation sites (tertiary alicyclic amines) is 2. The molecule has 0 bridgehead atoms. The van der Waals surface area contributed by atoms with E-state index in [-0.39, 0.29) is 5.92 Å². The van der Waals surface area contributed by atoms with Gasteiger partial charge in [-0.2, -0.15) is 0 Å². The van der Waals surface area contributed by atoms with E-state index in [1.807, 2.05) is 0 Å². The smallest absolute Gasteiger partial charge is 0.124 e. The average Bonchev–Trinajstić information content (AvgIpc) is 3.11. The third-order valence-electron chi connectivity index (χ3n) is 9.29. The van der Waals surface area contributed by atoms with E-state index in [9.17, 15) is 9.90 Å². The lowest BCUT2D eigenvalue weighted by Crippen LogP contribution is -2.39. The fourth-order valence-corrected chi connectivity index (χ4v) is 6.90. The number of nitrogens with zero attached hydrogens (tertiary/aromatic N) is 2. The van der Waals surface area contributed by atoms with E-state index in [2.05, 4.69) is 131 Å². The topological polar surface area (TPSA) is 43.8 Å². The first-order valence-corrected chi connectivity index (χ1v) is 16.4. The molecule has 4 heteroatoms. The highest BCUT2D eigenvalue weighted by atomic mass is 16.3. The van der Waals surface area contributed by atoms with Crippen molar-refractivity contribution >= 4 is 6.29 Å². The van der Waals surface area contributed by atoms with Crippen LogP contribution >= 0.6 is 0 Å². The van der Waals surface area contributed by atoms with Crippen LogP contribution in [0.3, 0.4) is 0 Å². The maximum atomic E-state index is 11.1. The summed E-state index contributed by atoms with van der Waals surface area (Å²) in [5, 5.41) is 9.45. The van der Waals surface area contributed by atoms with Crippen LogP contribution in [0.15, 0.2) is 121 Å². The number of aliphatic hydroxyl groups is 1. The van der Waals surface area contributed by atoms with Gasteiger partial charge >= 0.3 is 0 Å². The van der Waals surface area contributed by atoms with Gasteiger partial charge in [0, 0.05) is 50.5 Å². The minimum absolute atomic E-state index is 0.209. The molecule has 0 spiro atoms. The van der Waals surface area contributed by atoms with Crippen molar-refractivity contribution in [2.24, 2.45) is 11.8 Å². The van der Waals surface area contributed by atoms with Crippen molar-refractivity contribution in [2.45, 2.75) is 37.5 Å². The molecule has 0 aromatic heterocycles. The second-order valence-corrected chi connectivity index (χ2v) is 12.5. The second kappa shape index (κ2) is 17.1. The standard InChI is InChI=1S/C20H25NO.C20H23NO/c2*22-16-17-8-7-13-21(14-17)15-20(18-9-3-1-4-10-18)19-11-5-2-6-12-19/h1-6,9-12,17,20,22H,7-8,13-16H2;1-6,9-12,16-17,20H,7-8,13-15H2/t2*17-/m00/s1. The Bertz CT molecular complexity index is 1270. The molecule has 2 aliphatic rings. The van der Waals surface area contributed by atoms with Crippen LogP contribution in [0.1, 0.15) is 59.8 Å². The highest BCUT2D eigenvalue weighted by Crippen LogP contribution is 2.29. The molecule has 0 amide bonds. The Labute approximate surface area is 264 Å². The Kier molecular flexibility index (Phi) is 12.3. The number of benzene rings is 4. The van der Waals surface area contributed by atoms with Gasteiger partial charge in [0.15, 0.2) is 0 Å². The van der Waals surface area contributed by atoms with Crippen molar-refractivity contribution in [1.29, 1.82) is 0 Å². The predicted molar refractivity (Wildman–Crippen MR) is 181 cm³/mol. The Balaban J connectivity index is 0.000000175. The third kappa shape index (κ3) is 9.22. The van der Waals surface area contributed by atoms with Crippen molar-refractivity contribution in [3.8, 4) is 0 Å². The molecule has 4 aromatic rings. The third-order valence-corrected chi connectivity index (χ3v) is 9.29. The van der Waals surface area contributed by atoms with Gasteiger partial charge in [0.2, 0.25) is 0 Å². The first-order valence-electron chi connectivity index (χ1n) is 16.4. The largest absolute Gasteiger partial charge is 0.396 e. The summed E-state index contributed by atoms with van der Waals surface area (Å²) in [6, 6.07) is 42.9. The van der Waals surface area contributed by atoms with Gasteiger partial charge in [0.1, 0.15) is 6.29 Å². The molecule has 4 aromatic carbocycles. The molecule has 230 valence electrons. The summed E-state index contributed by atoms with van der Waals surface area (Å²) < 4.78 is 0.